The normalized spacial score (nSPS) is 10.4. The van der Waals surface area contributed by atoms with Gasteiger partial charge >= 0.3 is 0 Å². The molecule has 0 saturated carbocycles. The molecule has 0 unspecified atom stereocenters. The summed E-state index contributed by atoms with van der Waals surface area (Å²) in [6, 6.07) is 16.0. The number of thioether (sulfide) groups is 1. The monoisotopic (exact) mass is 396 g/mol. The van der Waals surface area contributed by atoms with E-state index in [2.05, 4.69) is 20.8 Å². The SMILES string of the molecule is Cc1ccc(C(=O)Nc2ccc(SCC(=O)Nc3ccc(F)cc3)nn2)cc1. The second kappa shape index (κ2) is 9.09. The van der Waals surface area contributed by atoms with Gasteiger partial charge in [-0.3, -0.25) is 9.59 Å². The van der Waals surface area contributed by atoms with E-state index < -0.39 is 0 Å². The lowest BCUT2D eigenvalue weighted by molar-refractivity contribution is -0.113. The summed E-state index contributed by atoms with van der Waals surface area (Å²) in [4.78, 5) is 24.1. The summed E-state index contributed by atoms with van der Waals surface area (Å²) in [5.41, 5.74) is 2.12. The number of amides is 2. The van der Waals surface area contributed by atoms with Gasteiger partial charge in [0.25, 0.3) is 5.91 Å². The molecule has 0 fully saturated rings. The summed E-state index contributed by atoms with van der Waals surface area (Å²) in [5, 5.41) is 13.8. The number of nitrogens with one attached hydrogen (secondary N) is 2. The van der Waals surface area contributed by atoms with Crippen molar-refractivity contribution in [3.8, 4) is 0 Å². The van der Waals surface area contributed by atoms with Crippen LogP contribution < -0.4 is 10.6 Å². The molecular formula is C20H17FN4O2S. The summed E-state index contributed by atoms with van der Waals surface area (Å²) in [6.45, 7) is 1.95. The molecule has 0 aliphatic rings. The largest absolute Gasteiger partial charge is 0.325 e. The van der Waals surface area contributed by atoms with Crippen LogP contribution in [0, 0.1) is 12.7 Å². The molecule has 2 aromatic carbocycles. The number of halogens is 1. The molecule has 0 saturated heterocycles. The molecular weight excluding hydrogens is 379 g/mol. The highest BCUT2D eigenvalue weighted by atomic mass is 32.2. The minimum atomic E-state index is -0.364. The molecule has 0 bridgehead atoms. The van der Waals surface area contributed by atoms with Gasteiger partial charge in [-0.2, -0.15) is 0 Å². The zero-order valence-electron chi connectivity index (χ0n) is 15.0. The van der Waals surface area contributed by atoms with Crippen molar-refractivity contribution in [3.05, 3.63) is 77.6 Å². The van der Waals surface area contributed by atoms with E-state index in [0.717, 1.165) is 5.56 Å². The molecule has 0 radical (unpaired) electrons. The number of carbonyl (C=O) groups excluding carboxylic acids is 2. The third-order valence-electron chi connectivity index (χ3n) is 3.67. The van der Waals surface area contributed by atoms with Crippen LogP contribution in [0.5, 0.6) is 0 Å². The van der Waals surface area contributed by atoms with Crippen molar-refractivity contribution in [1.29, 1.82) is 0 Å². The molecule has 142 valence electrons. The molecule has 0 atom stereocenters. The van der Waals surface area contributed by atoms with Gasteiger partial charge in [-0.25, -0.2) is 4.39 Å². The Morgan fingerprint density at radius 3 is 2.29 bits per heavy atom. The Balaban J connectivity index is 1.49. The molecule has 0 aliphatic heterocycles. The van der Waals surface area contributed by atoms with Crippen LogP contribution in [0.4, 0.5) is 15.9 Å². The Kier molecular flexibility index (Phi) is 6.33. The summed E-state index contributed by atoms with van der Waals surface area (Å²) < 4.78 is 12.9. The fourth-order valence-electron chi connectivity index (χ4n) is 2.23. The van der Waals surface area contributed by atoms with Crippen molar-refractivity contribution in [2.24, 2.45) is 0 Å². The van der Waals surface area contributed by atoms with Gasteiger partial charge in [0.15, 0.2) is 5.82 Å². The van der Waals surface area contributed by atoms with E-state index in [4.69, 9.17) is 0 Å². The average molecular weight is 396 g/mol. The highest BCUT2D eigenvalue weighted by molar-refractivity contribution is 7.99. The lowest BCUT2D eigenvalue weighted by Crippen LogP contribution is -2.14. The Morgan fingerprint density at radius 2 is 1.64 bits per heavy atom. The van der Waals surface area contributed by atoms with E-state index in [-0.39, 0.29) is 23.4 Å². The smallest absolute Gasteiger partial charge is 0.256 e. The Morgan fingerprint density at radius 1 is 0.929 bits per heavy atom. The third-order valence-corrected chi connectivity index (χ3v) is 4.59. The van der Waals surface area contributed by atoms with Crippen LogP contribution in [-0.2, 0) is 4.79 Å². The lowest BCUT2D eigenvalue weighted by atomic mass is 10.1. The first-order valence-corrected chi connectivity index (χ1v) is 9.38. The van der Waals surface area contributed by atoms with Crippen molar-refractivity contribution >= 4 is 35.1 Å². The molecule has 3 aromatic rings. The van der Waals surface area contributed by atoms with Crippen LogP contribution in [0.3, 0.4) is 0 Å². The molecule has 6 nitrogen and oxygen atoms in total. The zero-order chi connectivity index (χ0) is 19.9. The van der Waals surface area contributed by atoms with Gasteiger partial charge in [0.1, 0.15) is 10.8 Å². The van der Waals surface area contributed by atoms with Crippen LogP contribution in [0.2, 0.25) is 0 Å². The molecule has 28 heavy (non-hydrogen) atoms. The fourth-order valence-corrected chi connectivity index (χ4v) is 2.84. The Hall–Kier alpha value is -3.26. The first-order valence-electron chi connectivity index (χ1n) is 8.39. The number of rotatable bonds is 6. The molecule has 1 heterocycles. The van der Waals surface area contributed by atoms with Crippen LogP contribution in [-0.4, -0.2) is 27.8 Å². The van der Waals surface area contributed by atoms with E-state index in [1.165, 1.54) is 36.0 Å². The van der Waals surface area contributed by atoms with E-state index in [1.54, 1.807) is 24.3 Å². The quantitative estimate of drug-likeness (QED) is 0.617. The molecule has 8 heteroatoms. The van der Waals surface area contributed by atoms with Crippen molar-refractivity contribution in [3.63, 3.8) is 0 Å². The first-order chi connectivity index (χ1) is 13.5. The van der Waals surface area contributed by atoms with Gasteiger partial charge < -0.3 is 10.6 Å². The minimum absolute atomic E-state index is 0.126. The van der Waals surface area contributed by atoms with Gasteiger partial charge in [-0.05, 0) is 55.5 Å². The van der Waals surface area contributed by atoms with Crippen molar-refractivity contribution in [2.45, 2.75) is 11.9 Å². The number of aryl methyl sites for hydroxylation is 1. The Bertz CT molecular complexity index is 961. The van der Waals surface area contributed by atoms with E-state index in [9.17, 15) is 14.0 Å². The molecule has 2 amide bonds. The van der Waals surface area contributed by atoms with Crippen LogP contribution in [0.15, 0.2) is 65.7 Å². The number of nitrogens with zero attached hydrogens (tertiary/aromatic N) is 2. The molecule has 0 aliphatic carbocycles. The van der Waals surface area contributed by atoms with E-state index >= 15 is 0 Å². The molecule has 1 aromatic heterocycles. The summed E-state index contributed by atoms with van der Waals surface area (Å²) >= 11 is 1.20. The van der Waals surface area contributed by atoms with Gasteiger partial charge in [-0.15, -0.1) is 10.2 Å². The van der Waals surface area contributed by atoms with E-state index in [0.29, 0.717) is 22.1 Å². The van der Waals surface area contributed by atoms with Crippen molar-refractivity contribution in [2.75, 3.05) is 16.4 Å². The van der Waals surface area contributed by atoms with Crippen LogP contribution in [0.25, 0.3) is 0 Å². The maximum Gasteiger partial charge on any atom is 0.256 e. The Labute approximate surface area is 165 Å². The van der Waals surface area contributed by atoms with E-state index in [1.807, 2.05) is 19.1 Å². The number of aromatic nitrogens is 2. The average Bonchev–Trinajstić information content (AvgIpc) is 2.70. The van der Waals surface area contributed by atoms with Crippen LogP contribution >= 0.6 is 11.8 Å². The predicted octanol–water partition coefficient (Wildman–Crippen LogP) is 3.91. The molecule has 2 N–H and O–H groups in total. The summed E-state index contributed by atoms with van der Waals surface area (Å²) in [5.74, 6) is -0.423. The maximum absolute atomic E-state index is 12.9. The first kappa shape index (κ1) is 19.5. The summed E-state index contributed by atoms with van der Waals surface area (Å²) in [6.07, 6.45) is 0. The number of benzene rings is 2. The topological polar surface area (TPSA) is 84.0 Å². The van der Waals surface area contributed by atoms with Gasteiger partial charge in [-0.1, -0.05) is 29.5 Å². The predicted molar refractivity (Wildman–Crippen MR) is 107 cm³/mol. The lowest BCUT2D eigenvalue weighted by Gasteiger charge is -2.06. The molecule has 3 rings (SSSR count). The number of anilines is 2. The minimum Gasteiger partial charge on any atom is -0.325 e. The second-order valence-electron chi connectivity index (χ2n) is 5.92. The highest BCUT2D eigenvalue weighted by Gasteiger charge is 2.09. The fraction of sp³-hybridized carbons (Fsp3) is 0.100. The standard InChI is InChI=1S/C20H17FN4O2S/c1-13-2-4-14(5-3-13)20(27)23-17-10-11-19(25-24-17)28-12-18(26)22-16-8-6-15(21)7-9-16/h2-11H,12H2,1H3,(H,22,26)(H,23,24,27). The number of hydrogen-bond donors (Lipinski definition) is 2. The second-order valence-corrected chi connectivity index (χ2v) is 6.92. The van der Waals surface area contributed by atoms with Crippen LogP contribution in [0.1, 0.15) is 15.9 Å². The highest BCUT2D eigenvalue weighted by Crippen LogP contribution is 2.17. The van der Waals surface area contributed by atoms with Gasteiger partial charge in [0.2, 0.25) is 5.91 Å². The van der Waals surface area contributed by atoms with Crippen molar-refractivity contribution in [1.82, 2.24) is 10.2 Å². The number of hydrogen-bond acceptors (Lipinski definition) is 5. The van der Waals surface area contributed by atoms with Gasteiger partial charge in [0, 0.05) is 11.3 Å². The maximum atomic E-state index is 12.9. The number of carbonyl (C=O) groups is 2. The molecule has 0 spiro atoms. The zero-order valence-corrected chi connectivity index (χ0v) is 15.8. The summed E-state index contributed by atoms with van der Waals surface area (Å²) in [7, 11) is 0. The van der Waals surface area contributed by atoms with Crippen molar-refractivity contribution < 1.29 is 14.0 Å². The third kappa shape index (κ3) is 5.62. The van der Waals surface area contributed by atoms with Gasteiger partial charge in [0.05, 0.1) is 5.75 Å².